The number of hydrogen-bond donors (Lipinski definition) is 1. The third-order valence-electron chi connectivity index (χ3n) is 4.21. The topological polar surface area (TPSA) is 12.0 Å². The van der Waals surface area contributed by atoms with Crippen molar-refractivity contribution in [3.8, 4) is 0 Å². The molecule has 0 saturated heterocycles. The second-order valence-electron chi connectivity index (χ2n) is 5.57. The Morgan fingerprint density at radius 1 is 1.06 bits per heavy atom. The molecule has 1 atom stereocenters. The fourth-order valence-electron chi connectivity index (χ4n) is 3.21. The Morgan fingerprint density at radius 2 is 1.75 bits per heavy atom. The largest absolute Gasteiger partial charge is 0.319 e. The van der Waals surface area contributed by atoms with Crippen molar-refractivity contribution in [2.45, 2.75) is 71.1 Å². The van der Waals surface area contributed by atoms with E-state index in [9.17, 15) is 0 Å². The molecule has 16 heavy (non-hydrogen) atoms. The third-order valence-corrected chi connectivity index (χ3v) is 4.21. The van der Waals surface area contributed by atoms with E-state index in [0.717, 1.165) is 11.8 Å². The first-order valence-corrected chi connectivity index (χ1v) is 7.53. The minimum atomic E-state index is 0.967. The maximum Gasteiger partial charge on any atom is -0.00209 e. The second-order valence-corrected chi connectivity index (χ2v) is 5.57. The lowest BCUT2D eigenvalue weighted by Gasteiger charge is -2.23. The van der Waals surface area contributed by atoms with Crippen molar-refractivity contribution in [1.82, 2.24) is 5.32 Å². The summed E-state index contributed by atoms with van der Waals surface area (Å²) in [5.41, 5.74) is 0. The number of unbranched alkanes of at least 4 members (excludes halogenated alkanes) is 4. The normalized spacial score (nSPS) is 19.1. The van der Waals surface area contributed by atoms with Gasteiger partial charge in [-0.15, -0.1) is 0 Å². The summed E-state index contributed by atoms with van der Waals surface area (Å²) in [5.74, 6) is 2.01. The summed E-state index contributed by atoms with van der Waals surface area (Å²) in [5, 5.41) is 3.40. The van der Waals surface area contributed by atoms with Crippen LogP contribution < -0.4 is 5.32 Å². The fraction of sp³-hybridized carbons (Fsp3) is 1.00. The summed E-state index contributed by atoms with van der Waals surface area (Å²) in [6.07, 6.45) is 14.6. The van der Waals surface area contributed by atoms with Crippen LogP contribution in [0, 0.1) is 11.8 Å². The van der Waals surface area contributed by atoms with Gasteiger partial charge in [-0.3, -0.25) is 0 Å². The minimum absolute atomic E-state index is 0.967. The Balaban J connectivity index is 2.12. The molecular formula is C15H31N. The zero-order chi connectivity index (χ0) is 11.6. The minimum Gasteiger partial charge on any atom is -0.319 e. The highest BCUT2D eigenvalue weighted by atomic mass is 14.8. The van der Waals surface area contributed by atoms with Crippen molar-refractivity contribution < 1.29 is 0 Å². The van der Waals surface area contributed by atoms with Gasteiger partial charge in [0.05, 0.1) is 0 Å². The lowest BCUT2D eigenvalue weighted by molar-refractivity contribution is 0.301. The van der Waals surface area contributed by atoms with E-state index >= 15 is 0 Å². The van der Waals surface area contributed by atoms with Gasteiger partial charge in [0.25, 0.3) is 0 Å². The molecule has 1 aliphatic carbocycles. The van der Waals surface area contributed by atoms with E-state index < -0.39 is 0 Å². The smallest absolute Gasteiger partial charge is 0.00209 e. The van der Waals surface area contributed by atoms with Gasteiger partial charge < -0.3 is 5.32 Å². The molecule has 1 rings (SSSR count). The van der Waals surface area contributed by atoms with E-state index in [0.29, 0.717) is 0 Å². The van der Waals surface area contributed by atoms with Crippen LogP contribution in [0.1, 0.15) is 71.1 Å². The molecule has 1 saturated carbocycles. The van der Waals surface area contributed by atoms with Gasteiger partial charge in [-0.05, 0) is 31.8 Å². The summed E-state index contributed by atoms with van der Waals surface area (Å²) in [7, 11) is 2.11. The zero-order valence-electron chi connectivity index (χ0n) is 11.4. The molecule has 1 aliphatic rings. The number of nitrogens with one attached hydrogen (secondary N) is 1. The third kappa shape index (κ3) is 5.34. The Morgan fingerprint density at radius 3 is 2.38 bits per heavy atom. The molecule has 0 heterocycles. The van der Waals surface area contributed by atoms with Gasteiger partial charge in [-0.25, -0.2) is 0 Å². The van der Waals surface area contributed by atoms with Gasteiger partial charge in [0.15, 0.2) is 0 Å². The van der Waals surface area contributed by atoms with Crippen LogP contribution in [-0.2, 0) is 0 Å². The van der Waals surface area contributed by atoms with Gasteiger partial charge in [-0.2, -0.15) is 0 Å². The monoisotopic (exact) mass is 225 g/mol. The summed E-state index contributed by atoms with van der Waals surface area (Å²) in [6, 6.07) is 0. The van der Waals surface area contributed by atoms with Crippen LogP contribution in [0.2, 0.25) is 0 Å². The van der Waals surface area contributed by atoms with E-state index in [1.54, 1.807) is 0 Å². The first kappa shape index (κ1) is 14.0. The lowest BCUT2D eigenvalue weighted by atomic mass is 9.86. The van der Waals surface area contributed by atoms with Crippen LogP contribution in [-0.4, -0.2) is 13.6 Å². The highest BCUT2D eigenvalue weighted by Gasteiger charge is 2.23. The van der Waals surface area contributed by atoms with Gasteiger partial charge in [0.2, 0.25) is 0 Å². The van der Waals surface area contributed by atoms with Crippen LogP contribution in [0.15, 0.2) is 0 Å². The summed E-state index contributed by atoms with van der Waals surface area (Å²) >= 11 is 0. The maximum absolute atomic E-state index is 3.40. The Bertz CT molecular complexity index is 150. The second kappa shape index (κ2) is 9.04. The molecular weight excluding hydrogens is 194 g/mol. The van der Waals surface area contributed by atoms with Gasteiger partial charge in [0, 0.05) is 0 Å². The highest BCUT2D eigenvalue weighted by Crippen LogP contribution is 2.33. The van der Waals surface area contributed by atoms with E-state index in [-0.39, 0.29) is 0 Å². The van der Waals surface area contributed by atoms with Gasteiger partial charge in [-0.1, -0.05) is 64.7 Å². The number of hydrogen-bond acceptors (Lipinski definition) is 1. The molecule has 1 unspecified atom stereocenters. The molecule has 96 valence electrons. The van der Waals surface area contributed by atoms with Crippen LogP contribution in [0.3, 0.4) is 0 Å². The molecule has 0 amide bonds. The standard InChI is InChI=1S/C15H31N/c1-3-4-5-6-7-12-15(13-16-2)14-10-8-9-11-14/h14-16H,3-13H2,1-2H3. The molecule has 1 heteroatoms. The summed E-state index contributed by atoms with van der Waals surface area (Å²) in [4.78, 5) is 0. The summed E-state index contributed by atoms with van der Waals surface area (Å²) < 4.78 is 0. The van der Waals surface area contributed by atoms with E-state index in [4.69, 9.17) is 0 Å². The van der Waals surface area contributed by atoms with Crippen molar-refractivity contribution >= 4 is 0 Å². The number of rotatable bonds is 9. The molecule has 0 aromatic carbocycles. The first-order chi connectivity index (χ1) is 7.88. The Hall–Kier alpha value is -0.0400. The van der Waals surface area contributed by atoms with Crippen LogP contribution >= 0.6 is 0 Å². The predicted molar refractivity (Wildman–Crippen MR) is 72.8 cm³/mol. The molecule has 1 fully saturated rings. The molecule has 0 aromatic heterocycles. The Kier molecular flexibility index (Phi) is 7.92. The average molecular weight is 225 g/mol. The molecule has 0 spiro atoms. The lowest BCUT2D eigenvalue weighted by Crippen LogP contribution is -2.24. The van der Waals surface area contributed by atoms with Gasteiger partial charge >= 0.3 is 0 Å². The van der Waals surface area contributed by atoms with E-state index in [2.05, 4.69) is 19.3 Å². The first-order valence-electron chi connectivity index (χ1n) is 7.53. The van der Waals surface area contributed by atoms with Crippen LogP contribution in [0.25, 0.3) is 0 Å². The molecule has 0 radical (unpaired) electrons. The average Bonchev–Trinajstić information content (AvgIpc) is 2.81. The van der Waals surface area contributed by atoms with Crippen molar-refractivity contribution in [3.63, 3.8) is 0 Å². The molecule has 1 nitrogen and oxygen atoms in total. The highest BCUT2D eigenvalue weighted by molar-refractivity contribution is 4.76. The van der Waals surface area contributed by atoms with Crippen molar-refractivity contribution in [2.24, 2.45) is 11.8 Å². The predicted octanol–water partition coefficient (Wildman–Crippen LogP) is 4.37. The maximum atomic E-state index is 3.40. The van der Waals surface area contributed by atoms with Crippen molar-refractivity contribution in [3.05, 3.63) is 0 Å². The zero-order valence-corrected chi connectivity index (χ0v) is 11.4. The van der Waals surface area contributed by atoms with Gasteiger partial charge in [0.1, 0.15) is 0 Å². The molecule has 0 bridgehead atoms. The van der Waals surface area contributed by atoms with E-state index in [1.807, 2.05) is 0 Å². The molecule has 0 aromatic rings. The summed E-state index contributed by atoms with van der Waals surface area (Å²) in [6.45, 7) is 3.54. The quantitative estimate of drug-likeness (QED) is 0.574. The fourth-order valence-corrected chi connectivity index (χ4v) is 3.21. The van der Waals surface area contributed by atoms with Crippen LogP contribution in [0.5, 0.6) is 0 Å². The van der Waals surface area contributed by atoms with Crippen LogP contribution in [0.4, 0.5) is 0 Å². The van der Waals surface area contributed by atoms with E-state index in [1.165, 1.54) is 70.8 Å². The van der Waals surface area contributed by atoms with Crippen molar-refractivity contribution in [2.75, 3.05) is 13.6 Å². The SMILES string of the molecule is CCCCCCCC(CNC)C1CCCC1. The Labute approximate surface area is 102 Å². The molecule has 0 aliphatic heterocycles. The van der Waals surface area contributed by atoms with Crippen molar-refractivity contribution in [1.29, 1.82) is 0 Å². The molecule has 1 N–H and O–H groups in total.